The molecule has 2 heterocycles. The Morgan fingerprint density at radius 3 is 2.03 bits per heavy atom. The van der Waals surface area contributed by atoms with Gasteiger partial charge in [-0.25, -0.2) is 19.7 Å². The standard InChI is InChI=1S/C27H23N5O2/c1-19-24(27(34)32(30(19)2)22-16-10-5-11-17-22)28-26(33)23-18-31(21-14-8-4-9-15-21)29-25(23)20-12-6-3-7-13-20/h3-19H,1-2H3. The number of carbonyl (C=O) groups excluding carboxylic acids is 2. The summed E-state index contributed by atoms with van der Waals surface area (Å²) in [7, 11) is 1.81. The van der Waals surface area contributed by atoms with Crippen LogP contribution in [0.5, 0.6) is 0 Å². The number of hydrogen-bond donors (Lipinski definition) is 0. The molecule has 5 rings (SSSR count). The van der Waals surface area contributed by atoms with E-state index < -0.39 is 5.91 Å². The van der Waals surface area contributed by atoms with Gasteiger partial charge in [-0.3, -0.25) is 9.59 Å². The summed E-state index contributed by atoms with van der Waals surface area (Å²) >= 11 is 0. The van der Waals surface area contributed by atoms with E-state index in [2.05, 4.69) is 10.1 Å². The van der Waals surface area contributed by atoms with Gasteiger partial charge in [-0.1, -0.05) is 66.7 Å². The van der Waals surface area contributed by atoms with Gasteiger partial charge in [0.05, 0.1) is 23.0 Å². The number of nitrogens with zero attached hydrogens (tertiary/aromatic N) is 5. The second-order valence-corrected chi connectivity index (χ2v) is 8.04. The van der Waals surface area contributed by atoms with Crippen LogP contribution in [0.2, 0.25) is 0 Å². The largest absolute Gasteiger partial charge is 0.289 e. The molecule has 0 saturated carbocycles. The zero-order valence-corrected chi connectivity index (χ0v) is 18.9. The van der Waals surface area contributed by atoms with Crippen molar-refractivity contribution in [2.75, 3.05) is 12.1 Å². The third-order valence-electron chi connectivity index (χ3n) is 5.92. The summed E-state index contributed by atoms with van der Waals surface area (Å²) in [6.45, 7) is 1.86. The number of hydrazine groups is 1. The van der Waals surface area contributed by atoms with E-state index >= 15 is 0 Å². The molecule has 1 aromatic heterocycles. The van der Waals surface area contributed by atoms with Gasteiger partial charge in [-0.15, -0.1) is 0 Å². The Morgan fingerprint density at radius 1 is 0.853 bits per heavy atom. The van der Waals surface area contributed by atoms with Crippen molar-refractivity contribution in [2.24, 2.45) is 4.99 Å². The van der Waals surface area contributed by atoms with Gasteiger partial charge in [0.25, 0.3) is 11.8 Å². The fourth-order valence-electron chi connectivity index (χ4n) is 4.01. The van der Waals surface area contributed by atoms with Crippen LogP contribution in [0.1, 0.15) is 17.3 Å². The summed E-state index contributed by atoms with van der Waals surface area (Å²) in [4.78, 5) is 31.0. The van der Waals surface area contributed by atoms with Gasteiger partial charge in [-0.05, 0) is 31.2 Å². The number of hydrogen-bond acceptors (Lipinski definition) is 4. The van der Waals surface area contributed by atoms with Crippen molar-refractivity contribution in [1.82, 2.24) is 14.8 Å². The zero-order valence-electron chi connectivity index (χ0n) is 18.9. The third kappa shape index (κ3) is 3.82. The van der Waals surface area contributed by atoms with E-state index in [0.29, 0.717) is 11.3 Å². The Labute approximate surface area is 197 Å². The van der Waals surface area contributed by atoms with E-state index in [1.54, 1.807) is 20.9 Å². The van der Waals surface area contributed by atoms with Gasteiger partial charge in [-0.2, -0.15) is 5.10 Å². The average molecular weight is 450 g/mol. The van der Waals surface area contributed by atoms with Gasteiger partial charge in [0.2, 0.25) is 0 Å². The van der Waals surface area contributed by atoms with Crippen LogP contribution in [0, 0.1) is 0 Å². The highest BCUT2D eigenvalue weighted by molar-refractivity contribution is 6.48. The number of anilines is 1. The molecule has 0 spiro atoms. The molecule has 1 aliphatic heterocycles. The molecule has 0 aliphatic carbocycles. The monoisotopic (exact) mass is 449 g/mol. The second kappa shape index (κ2) is 8.88. The highest BCUT2D eigenvalue weighted by atomic mass is 16.2. The number of rotatable bonds is 4. The molecule has 34 heavy (non-hydrogen) atoms. The van der Waals surface area contributed by atoms with Crippen LogP contribution < -0.4 is 5.01 Å². The van der Waals surface area contributed by atoms with Gasteiger partial charge in [0.15, 0.2) is 0 Å². The summed E-state index contributed by atoms with van der Waals surface area (Å²) < 4.78 is 1.66. The van der Waals surface area contributed by atoms with Crippen LogP contribution in [0.15, 0.2) is 102 Å². The molecule has 1 saturated heterocycles. The molecule has 1 aliphatic rings. The summed E-state index contributed by atoms with van der Waals surface area (Å²) in [6, 6.07) is 28.0. The van der Waals surface area contributed by atoms with Crippen LogP contribution in [-0.4, -0.2) is 45.4 Å². The van der Waals surface area contributed by atoms with Gasteiger partial charge in [0, 0.05) is 18.8 Å². The normalized spacial score (nSPS) is 17.5. The molecule has 0 bridgehead atoms. The van der Waals surface area contributed by atoms with Crippen molar-refractivity contribution in [1.29, 1.82) is 0 Å². The molecule has 0 N–H and O–H groups in total. The molecule has 2 amide bonds. The molecular formula is C27H23N5O2. The number of para-hydroxylation sites is 2. The average Bonchev–Trinajstić information content (AvgIpc) is 3.42. The maximum atomic E-state index is 13.5. The predicted molar refractivity (Wildman–Crippen MR) is 132 cm³/mol. The lowest BCUT2D eigenvalue weighted by Crippen LogP contribution is -2.38. The summed E-state index contributed by atoms with van der Waals surface area (Å²) in [5, 5.41) is 8.01. The van der Waals surface area contributed by atoms with E-state index in [-0.39, 0.29) is 17.7 Å². The number of aromatic nitrogens is 2. The molecule has 7 nitrogen and oxygen atoms in total. The smallest absolute Gasteiger partial charge is 0.267 e. The highest BCUT2D eigenvalue weighted by Crippen LogP contribution is 2.27. The van der Waals surface area contributed by atoms with Crippen molar-refractivity contribution < 1.29 is 9.59 Å². The van der Waals surface area contributed by atoms with Crippen LogP contribution in [-0.2, 0) is 4.79 Å². The molecule has 168 valence electrons. The maximum absolute atomic E-state index is 13.5. The fraction of sp³-hybridized carbons (Fsp3) is 0.111. The molecule has 4 aromatic rings. The molecule has 0 radical (unpaired) electrons. The minimum Gasteiger partial charge on any atom is -0.267 e. The zero-order chi connectivity index (χ0) is 23.7. The van der Waals surface area contributed by atoms with Crippen molar-refractivity contribution in [3.05, 3.63) is 103 Å². The van der Waals surface area contributed by atoms with Gasteiger partial charge >= 0.3 is 0 Å². The highest BCUT2D eigenvalue weighted by Gasteiger charge is 2.40. The topological polar surface area (TPSA) is 70.8 Å². The van der Waals surface area contributed by atoms with E-state index in [9.17, 15) is 9.59 Å². The van der Waals surface area contributed by atoms with Crippen molar-refractivity contribution in [3.8, 4) is 16.9 Å². The van der Waals surface area contributed by atoms with Crippen LogP contribution in [0.25, 0.3) is 16.9 Å². The molecule has 1 unspecified atom stereocenters. The van der Waals surface area contributed by atoms with Gasteiger partial charge in [0.1, 0.15) is 11.4 Å². The number of benzene rings is 3. The lowest BCUT2D eigenvalue weighted by atomic mass is 10.1. The first-order valence-corrected chi connectivity index (χ1v) is 11.0. The van der Waals surface area contributed by atoms with E-state index in [0.717, 1.165) is 16.9 Å². The first kappa shape index (κ1) is 21.5. The summed E-state index contributed by atoms with van der Waals surface area (Å²) in [5.41, 5.74) is 3.40. The first-order valence-electron chi connectivity index (χ1n) is 11.0. The first-order chi connectivity index (χ1) is 16.5. The maximum Gasteiger partial charge on any atom is 0.289 e. The third-order valence-corrected chi connectivity index (χ3v) is 5.92. The molecule has 3 aromatic carbocycles. The lowest BCUT2D eigenvalue weighted by Gasteiger charge is -2.25. The Hall–Kier alpha value is -4.36. The predicted octanol–water partition coefficient (Wildman–Crippen LogP) is 4.40. The molecule has 1 fully saturated rings. The molecular weight excluding hydrogens is 426 g/mol. The van der Waals surface area contributed by atoms with Gasteiger partial charge < -0.3 is 0 Å². The van der Waals surface area contributed by atoms with Crippen molar-refractivity contribution in [3.63, 3.8) is 0 Å². The lowest BCUT2D eigenvalue weighted by molar-refractivity contribution is -0.113. The Kier molecular flexibility index (Phi) is 5.61. The SMILES string of the molecule is CC1C(=NC(=O)c2cn(-c3ccccc3)nc2-c2ccccc2)C(=O)N(c2ccccc2)N1C. The Balaban J connectivity index is 1.56. The Bertz CT molecular complexity index is 1360. The van der Waals surface area contributed by atoms with Crippen molar-refractivity contribution >= 4 is 23.2 Å². The summed E-state index contributed by atoms with van der Waals surface area (Å²) in [6.07, 6.45) is 1.67. The Morgan fingerprint density at radius 2 is 1.41 bits per heavy atom. The number of carbonyl (C=O) groups is 2. The van der Waals surface area contributed by atoms with E-state index in [1.165, 1.54) is 0 Å². The minimum atomic E-state index is -0.500. The van der Waals surface area contributed by atoms with Crippen molar-refractivity contribution in [2.45, 2.75) is 13.0 Å². The second-order valence-electron chi connectivity index (χ2n) is 8.04. The van der Waals surface area contributed by atoms with E-state index in [4.69, 9.17) is 0 Å². The molecule has 7 heteroatoms. The van der Waals surface area contributed by atoms with Crippen LogP contribution in [0.4, 0.5) is 5.69 Å². The fourth-order valence-corrected chi connectivity index (χ4v) is 4.01. The number of amides is 2. The van der Waals surface area contributed by atoms with Crippen LogP contribution in [0.3, 0.4) is 0 Å². The van der Waals surface area contributed by atoms with E-state index in [1.807, 2.05) is 105 Å². The quantitative estimate of drug-likeness (QED) is 0.463. The summed E-state index contributed by atoms with van der Waals surface area (Å²) in [5.74, 6) is -0.814. The van der Waals surface area contributed by atoms with Crippen LogP contribution >= 0.6 is 0 Å². The minimum absolute atomic E-state index is 0.197. The number of aliphatic imine (C=N–C) groups is 1. The molecule has 1 atom stereocenters.